The summed E-state index contributed by atoms with van der Waals surface area (Å²) >= 11 is 3.60. The maximum absolute atomic E-state index is 7.52. The number of halogens is 1. The molecule has 110 valence electrons. The van der Waals surface area contributed by atoms with Crippen LogP contribution in [0.3, 0.4) is 0 Å². The zero-order valence-corrected chi connectivity index (χ0v) is 13.9. The lowest BCUT2D eigenvalue weighted by Gasteiger charge is -2.30. The van der Waals surface area contributed by atoms with Crippen LogP contribution in [0.5, 0.6) is 0 Å². The topological polar surface area (TPSA) is 53.1 Å². The van der Waals surface area contributed by atoms with Crippen molar-refractivity contribution in [2.24, 2.45) is 5.73 Å². The highest BCUT2D eigenvalue weighted by Gasteiger charge is 2.15. The van der Waals surface area contributed by atoms with E-state index in [1.54, 1.807) is 0 Å². The minimum Gasteiger partial charge on any atom is -0.384 e. The van der Waals surface area contributed by atoms with Crippen LogP contribution in [0.15, 0.2) is 53.0 Å². The molecule has 0 heterocycles. The lowest BCUT2D eigenvalue weighted by molar-refractivity contribution is 0.681. The molecule has 2 aromatic carbocycles. The number of rotatable bonds is 5. The summed E-state index contributed by atoms with van der Waals surface area (Å²) in [6, 6.07) is 16.6. The molecule has 0 saturated carbocycles. The second-order valence-electron chi connectivity index (χ2n) is 5.29. The van der Waals surface area contributed by atoms with Crippen LogP contribution in [-0.2, 0) is 6.54 Å². The second-order valence-corrected chi connectivity index (χ2v) is 6.14. The predicted molar refractivity (Wildman–Crippen MR) is 92.9 cm³/mol. The van der Waals surface area contributed by atoms with Gasteiger partial charge in [-0.3, -0.25) is 5.41 Å². The molecule has 3 N–H and O–H groups in total. The first-order valence-corrected chi connectivity index (χ1v) is 7.73. The summed E-state index contributed by atoms with van der Waals surface area (Å²) in [5.41, 5.74) is 8.65. The molecule has 0 fully saturated rings. The Morgan fingerprint density at radius 1 is 1.19 bits per heavy atom. The van der Waals surface area contributed by atoms with E-state index in [4.69, 9.17) is 11.1 Å². The monoisotopic (exact) mass is 345 g/mol. The van der Waals surface area contributed by atoms with Gasteiger partial charge in [0.25, 0.3) is 0 Å². The van der Waals surface area contributed by atoms with Gasteiger partial charge < -0.3 is 10.6 Å². The van der Waals surface area contributed by atoms with Gasteiger partial charge in [0.1, 0.15) is 5.84 Å². The van der Waals surface area contributed by atoms with Crippen LogP contribution in [0.4, 0.5) is 5.69 Å². The fourth-order valence-corrected chi connectivity index (χ4v) is 2.84. The Kier molecular flexibility index (Phi) is 5.02. The maximum Gasteiger partial charge on any atom is 0.122 e. The first kappa shape index (κ1) is 15.6. The molecule has 0 unspecified atom stereocenters. The number of amidine groups is 1. The Bertz CT molecular complexity index is 623. The number of hydrogen-bond donors (Lipinski definition) is 2. The van der Waals surface area contributed by atoms with E-state index in [9.17, 15) is 0 Å². The van der Waals surface area contributed by atoms with E-state index in [0.717, 1.165) is 22.3 Å². The third-order valence-electron chi connectivity index (χ3n) is 3.39. The average molecular weight is 346 g/mol. The van der Waals surface area contributed by atoms with Crippen LogP contribution in [0.25, 0.3) is 0 Å². The number of nitrogens with two attached hydrogens (primary N) is 1. The molecule has 2 rings (SSSR count). The minimum atomic E-state index is 0.0846. The van der Waals surface area contributed by atoms with E-state index >= 15 is 0 Å². The molecular formula is C17H20BrN3. The molecule has 0 aliphatic rings. The van der Waals surface area contributed by atoms with Gasteiger partial charge in [0.05, 0.1) is 5.69 Å². The summed E-state index contributed by atoms with van der Waals surface area (Å²) in [6.45, 7) is 5.19. The first-order chi connectivity index (χ1) is 9.99. The van der Waals surface area contributed by atoms with Gasteiger partial charge in [-0.2, -0.15) is 0 Å². The fourth-order valence-electron chi connectivity index (χ4n) is 2.23. The summed E-state index contributed by atoms with van der Waals surface area (Å²) in [5, 5.41) is 7.52. The van der Waals surface area contributed by atoms with E-state index in [1.807, 2.05) is 24.3 Å². The molecule has 21 heavy (non-hydrogen) atoms. The molecule has 0 bridgehead atoms. The van der Waals surface area contributed by atoms with Gasteiger partial charge in [0, 0.05) is 22.6 Å². The smallest absolute Gasteiger partial charge is 0.122 e. The van der Waals surface area contributed by atoms with Crippen molar-refractivity contribution in [1.29, 1.82) is 5.41 Å². The molecule has 3 nitrogen and oxygen atoms in total. The van der Waals surface area contributed by atoms with Crippen LogP contribution < -0.4 is 10.6 Å². The Labute approximate surface area is 134 Å². The van der Waals surface area contributed by atoms with E-state index in [0.29, 0.717) is 6.04 Å². The zero-order chi connectivity index (χ0) is 15.4. The van der Waals surface area contributed by atoms with Crippen molar-refractivity contribution in [1.82, 2.24) is 0 Å². The molecule has 0 spiro atoms. The summed E-state index contributed by atoms with van der Waals surface area (Å²) in [7, 11) is 0. The molecule has 0 radical (unpaired) electrons. The van der Waals surface area contributed by atoms with Crippen LogP contribution in [0, 0.1) is 5.41 Å². The van der Waals surface area contributed by atoms with Crippen molar-refractivity contribution in [2.45, 2.75) is 26.4 Å². The Balaban J connectivity index is 2.32. The SMILES string of the molecule is CC(C)N(Cc1ccccc1)c1ccc(C(=N)N)cc1Br. The van der Waals surface area contributed by atoms with Crippen molar-refractivity contribution in [2.75, 3.05) is 4.90 Å². The molecule has 4 heteroatoms. The number of nitrogen functional groups attached to an aromatic ring is 1. The second kappa shape index (κ2) is 6.76. The molecular weight excluding hydrogens is 326 g/mol. The summed E-state index contributed by atoms with van der Waals surface area (Å²) < 4.78 is 0.958. The Morgan fingerprint density at radius 2 is 1.86 bits per heavy atom. The van der Waals surface area contributed by atoms with Crippen molar-refractivity contribution in [3.05, 3.63) is 64.1 Å². The highest BCUT2D eigenvalue weighted by molar-refractivity contribution is 9.10. The van der Waals surface area contributed by atoms with Crippen LogP contribution in [0.1, 0.15) is 25.0 Å². The summed E-state index contributed by atoms with van der Waals surface area (Å²) in [5.74, 6) is 0.0846. The zero-order valence-electron chi connectivity index (χ0n) is 12.3. The molecule has 0 aliphatic carbocycles. The predicted octanol–water partition coefficient (Wildman–Crippen LogP) is 4.15. The Morgan fingerprint density at radius 3 is 2.38 bits per heavy atom. The molecule has 0 aliphatic heterocycles. The van der Waals surface area contributed by atoms with Crippen LogP contribution in [-0.4, -0.2) is 11.9 Å². The third kappa shape index (κ3) is 3.85. The van der Waals surface area contributed by atoms with Gasteiger partial charge in [0.15, 0.2) is 0 Å². The van der Waals surface area contributed by atoms with E-state index in [-0.39, 0.29) is 5.84 Å². The summed E-state index contributed by atoms with van der Waals surface area (Å²) in [4.78, 5) is 2.32. The highest BCUT2D eigenvalue weighted by Crippen LogP contribution is 2.30. The molecule has 2 aromatic rings. The standard InChI is InChI=1S/C17H20BrN3/c1-12(2)21(11-13-6-4-3-5-7-13)16-9-8-14(17(19)20)10-15(16)18/h3-10,12H,11H2,1-2H3,(H3,19,20). The van der Waals surface area contributed by atoms with Crippen molar-refractivity contribution < 1.29 is 0 Å². The van der Waals surface area contributed by atoms with Crippen LogP contribution in [0.2, 0.25) is 0 Å². The summed E-state index contributed by atoms with van der Waals surface area (Å²) in [6.07, 6.45) is 0. The van der Waals surface area contributed by atoms with Gasteiger partial charge in [-0.1, -0.05) is 30.3 Å². The van der Waals surface area contributed by atoms with Crippen molar-refractivity contribution >= 4 is 27.5 Å². The maximum atomic E-state index is 7.52. The van der Waals surface area contributed by atoms with Gasteiger partial charge in [-0.05, 0) is 53.5 Å². The number of nitrogens with one attached hydrogen (secondary N) is 1. The average Bonchev–Trinajstić information content (AvgIpc) is 2.46. The third-order valence-corrected chi connectivity index (χ3v) is 4.02. The molecule has 0 amide bonds. The lowest BCUT2D eigenvalue weighted by Crippen LogP contribution is -2.30. The number of anilines is 1. The highest BCUT2D eigenvalue weighted by atomic mass is 79.9. The minimum absolute atomic E-state index is 0.0846. The Hall–Kier alpha value is -1.81. The molecule has 0 aromatic heterocycles. The van der Waals surface area contributed by atoms with E-state index < -0.39 is 0 Å². The van der Waals surface area contributed by atoms with Crippen molar-refractivity contribution in [3.63, 3.8) is 0 Å². The van der Waals surface area contributed by atoms with Gasteiger partial charge >= 0.3 is 0 Å². The fraction of sp³-hybridized carbons (Fsp3) is 0.235. The lowest BCUT2D eigenvalue weighted by atomic mass is 10.1. The van der Waals surface area contributed by atoms with E-state index in [1.165, 1.54) is 5.56 Å². The first-order valence-electron chi connectivity index (χ1n) is 6.93. The molecule has 0 atom stereocenters. The van der Waals surface area contributed by atoms with Gasteiger partial charge in [-0.15, -0.1) is 0 Å². The largest absolute Gasteiger partial charge is 0.384 e. The van der Waals surface area contributed by atoms with Gasteiger partial charge in [-0.25, -0.2) is 0 Å². The van der Waals surface area contributed by atoms with E-state index in [2.05, 4.69) is 58.9 Å². The number of benzene rings is 2. The quantitative estimate of drug-likeness (QED) is 0.631. The van der Waals surface area contributed by atoms with Crippen molar-refractivity contribution in [3.8, 4) is 0 Å². The van der Waals surface area contributed by atoms with Crippen LogP contribution >= 0.6 is 15.9 Å². The van der Waals surface area contributed by atoms with Gasteiger partial charge in [0.2, 0.25) is 0 Å². The number of nitrogens with zero attached hydrogens (tertiary/aromatic N) is 1. The number of hydrogen-bond acceptors (Lipinski definition) is 2. The normalized spacial score (nSPS) is 10.7. The molecule has 0 saturated heterocycles.